The van der Waals surface area contributed by atoms with Gasteiger partial charge in [-0.2, -0.15) is 0 Å². The molecule has 0 bridgehead atoms. The fourth-order valence-electron chi connectivity index (χ4n) is 3.22. The number of fused-ring (bicyclic) bond motifs is 1. The number of benzene rings is 2. The fourth-order valence-corrected chi connectivity index (χ4v) is 3.22. The van der Waals surface area contributed by atoms with E-state index in [-0.39, 0.29) is 5.91 Å². The summed E-state index contributed by atoms with van der Waals surface area (Å²) in [7, 11) is 0. The molecule has 0 aliphatic rings. The van der Waals surface area contributed by atoms with Crippen molar-refractivity contribution in [3.8, 4) is 0 Å². The molecule has 4 rings (SSSR count). The molecule has 0 fully saturated rings. The SMILES string of the molecule is O=C(c1cc2ccccc2o1)N(CCCc1ccccc1)Cc1ccoc1. The maximum atomic E-state index is 13.1. The smallest absolute Gasteiger partial charge is 0.289 e. The molecular weight excluding hydrogens is 338 g/mol. The number of para-hydroxylation sites is 1. The molecule has 0 N–H and O–H groups in total. The second kappa shape index (κ2) is 7.96. The summed E-state index contributed by atoms with van der Waals surface area (Å²) < 4.78 is 10.9. The highest BCUT2D eigenvalue weighted by Gasteiger charge is 2.20. The molecule has 2 aromatic carbocycles. The Kier molecular flexibility index (Phi) is 5.06. The molecule has 4 nitrogen and oxygen atoms in total. The van der Waals surface area contributed by atoms with Crippen LogP contribution in [0.15, 0.2) is 88.1 Å². The zero-order chi connectivity index (χ0) is 18.5. The van der Waals surface area contributed by atoms with E-state index in [1.807, 2.05) is 59.5 Å². The van der Waals surface area contributed by atoms with Gasteiger partial charge < -0.3 is 13.7 Å². The van der Waals surface area contributed by atoms with Gasteiger partial charge in [-0.25, -0.2) is 0 Å². The Labute approximate surface area is 158 Å². The van der Waals surface area contributed by atoms with Gasteiger partial charge in [0.1, 0.15) is 5.58 Å². The first kappa shape index (κ1) is 17.2. The van der Waals surface area contributed by atoms with Crippen molar-refractivity contribution < 1.29 is 13.6 Å². The largest absolute Gasteiger partial charge is 0.472 e. The van der Waals surface area contributed by atoms with Crippen LogP contribution in [0.4, 0.5) is 0 Å². The van der Waals surface area contributed by atoms with Crippen LogP contribution in [0.25, 0.3) is 11.0 Å². The van der Waals surface area contributed by atoms with Crippen molar-refractivity contribution in [1.29, 1.82) is 0 Å². The molecular formula is C23H21NO3. The monoisotopic (exact) mass is 359 g/mol. The van der Waals surface area contributed by atoms with E-state index in [0.29, 0.717) is 18.8 Å². The average molecular weight is 359 g/mol. The van der Waals surface area contributed by atoms with E-state index in [2.05, 4.69) is 12.1 Å². The van der Waals surface area contributed by atoms with Crippen molar-refractivity contribution in [2.24, 2.45) is 0 Å². The summed E-state index contributed by atoms with van der Waals surface area (Å²) in [6.45, 7) is 1.15. The van der Waals surface area contributed by atoms with Crippen molar-refractivity contribution in [2.45, 2.75) is 19.4 Å². The number of furan rings is 2. The van der Waals surface area contributed by atoms with Crippen LogP contribution in [0.3, 0.4) is 0 Å². The first-order valence-corrected chi connectivity index (χ1v) is 9.12. The zero-order valence-corrected chi connectivity index (χ0v) is 15.0. The highest BCUT2D eigenvalue weighted by atomic mass is 16.3. The van der Waals surface area contributed by atoms with Gasteiger partial charge in [-0.15, -0.1) is 0 Å². The molecule has 0 saturated carbocycles. The zero-order valence-electron chi connectivity index (χ0n) is 15.0. The molecule has 0 radical (unpaired) electrons. The van der Waals surface area contributed by atoms with Crippen molar-refractivity contribution in [3.63, 3.8) is 0 Å². The highest BCUT2D eigenvalue weighted by Crippen LogP contribution is 2.21. The van der Waals surface area contributed by atoms with Crippen LogP contribution in [0.1, 0.15) is 28.1 Å². The number of hydrogen-bond donors (Lipinski definition) is 0. The number of rotatable bonds is 7. The molecule has 4 aromatic rings. The van der Waals surface area contributed by atoms with Crippen LogP contribution in [-0.2, 0) is 13.0 Å². The first-order valence-electron chi connectivity index (χ1n) is 9.12. The van der Waals surface area contributed by atoms with Crippen molar-refractivity contribution in [1.82, 2.24) is 4.90 Å². The summed E-state index contributed by atoms with van der Waals surface area (Å²) in [5.74, 6) is 0.278. The van der Waals surface area contributed by atoms with Crippen LogP contribution in [-0.4, -0.2) is 17.4 Å². The first-order chi connectivity index (χ1) is 13.3. The summed E-state index contributed by atoms with van der Waals surface area (Å²) >= 11 is 0. The number of amides is 1. The standard InChI is InChI=1S/C23H21NO3/c25-23(22-15-20-10-4-5-11-21(20)27-22)24(16-19-12-14-26-17-19)13-6-9-18-7-2-1-3-8-18/h1-5,7-8,10-12,14-15,17H,6,9,13,16H2. The second-order valence-electron chi connectivity index (χ2n) is 6.60. The lowest BCUT2D eigenvalue weighted by Gasteiger charge is -2.21. The van der Waals surface area contributed by atoms with Crippen LogP contribution >= 0.6 is 0 Å². The van der Waals surface area contributed by atoms with E-state index in [1.165, 1.54) is 5.56 Å². The molecule has 4 heteroatoms. The summed E-state index contributed by atoms with van der Waals surface area (Å²) in [5, 5.41) is 0.938. The number of carbonyl (C=O) groups is 1. The normalized spacial score (nSPS) is 11.0. The maximum absolute atomic E-state index is 13.1. The van der Waals surface area contributed by atoms with E-state index >= 15 is 0 Å². The lowest BCUT2D eigenvalue weighted by Crippen LogP contribution is -2.31. The molecule has 0 aliphatic carbocycles. The third-order valence-electron chi connectivity index (χ3n) is 4.61. The van der Waals surface area contributed by atoms with Crippen LogP contribution < -0.4 is 0 Å². The summed E-state index contributed by atoms with van der Waals surface area (Å²) in [6, 6.07) is 21.7. The number of nitrogens with zero attached hydrogens (tertiary/aromatic N) is 1. The van der Waals surface area contributed by atoms with E-state index < -0.39 is 0 Å². The van der Waals surface area contributed by atoms with Crippen molar-refractivity contribution in [2.75, 3.05) is 6.54 Å². The van der Waals surface area contributed by atoms with Gasteiger partial charge in [0.05, 0.1) is 12.5 Å². The van der Waals surface area contributed by atoms with Crippen molar-refractivity contribution >= 4 is 16.9 Å². The number of hydrogen-bond acceptors (Lipinski definition) is 3. The van der Waals surface area contributed by atoms with Crippen LogP contribution in [0.5, 0.6) is 0 Å². The molecule has 0 spiro atoms. The highest BCUT2D eigenvalue weighted by molar-refractivity contribution is 5.96. The molecule has 0 saturated heterocycles. The van der Waals surface area contributed by atoms with Gasteiger partial charge in [0.15, 0.2) is 5.76 Å². The molecule has 0 atom stereocenters. The average Bonchev–Trinajstić information content (AvgIpc) is 3.37. The number of carbonyl (C=O) groups excluding carboxylic acids is 1. The predicted molar refractivity (Wildman–Crippen MR) is 104 cm³/mol. The second-order valence-corrected chi connectivity index (χ2v) is 6.60. The van der Waals surface area contributed by atoms with Crippen molar-refractivity contribution in [3.05, 3.63) is 96.1 Å². The van der Waals surface area contributed by atoms with Crippen LogP contribution in [0, 0.1) is 0 Å². The van der Waals surface area contributed by atoms with E-state index in [0.717, 1.165) is 29.4 Å². The Bertz CT molecular complexity index is 969. The Morgan fingerprint density at radius 3 is 2.52 bits per heavy atom. The molecule has 2 aromatic heterocycles. The molecule has 0 aliphatic heterocycles. The Balaban J connectivity index is 1.50. The molecule has 136 valence electrons. The van der Waals surface area contributed by atoms with Gasteiger partial charge in [-0.05, 0) is 36.6 Å². The van der Waals surface area contributed by atoms with Gasteiger partial charge in [0.2, 0.25) is 0 Å². The third-order valence-corrected chi connectivity index (χ3v) is 4.61. The van der Waals surface area contributed by atoms with Gasteiger partial charge in [0.25, 0.3) is 5.91 Å². The molecule has 1 amide bonds. The quantitative estimate of drug-likeness (QED) is 0.450. The number of aryl methyl sites for hydroxylation is 1. The Morgan fingerprint density at radius 1 is 0.926 bits per heavy atom. The molecule has 27 heavy (non-hydrogen) atoms. The minimum atomic E-state index is -0.0968. The Morgan fingerprint density at radius 2 is 1.74 bits per heavy atom. The lowest BCUT2D eigenvalue weighted by atomic mass is 10.1. The summed E-state index contributed by atoms with van der Waals surface area (Å²) in [6.07, 6.45) is 5.11. The van der Waals surface area contributed by atoms with Gasteiger partial charge >= 0.3 is 0 Å². The lowest BCUT2D eigenvalue weighted by molar-refractivity contribution is 0.0711. The van der Waals surface area contributed by atoms with Gasteiger partial charge in [-0.3, -0.25) is 4.79 Å². The molecule has 0 unspecified atom stereocenters. The molecule has 2 heterocycles. The Hall–Kier alpha value is -3.27. The minimum Gasteiger partial charge on any atom is -0.472 e. The minimum absolute atomic E-state index is 0.0968. The summed E-state index contributed by atoms with van der Waals surface area (Å²) in [4.78, 5) is 14.9. The third kappa shape index (κ3) is 4.11. The maximum Gasteiger partial charge on any atom is 0.289 e. The van der Waals surface area contributed by atoms with Gasteiger partial charge in [0, 0.05) is 24.0 Å². The van der Waals surface area contributed by atoms with E-state index in [4.69, 9.17) is 8.83 Å². The van der Waals surface area contributed by atoms with E-state index in [1.54, 1.807) is 12.5 Å². The topological polar surface area (TPSA) is 46.6 Å². The fraction of sp³-hybridized carbons (Fsp3) is 0.174. The van der Waals surface area contributed by atoms with E-state index in [9.17, 15) is 4.79 Å². The summed E-state index contributed by atoms with van der Waals surface area (Å²) in [5.41, 5.74) is 2.98. The van der Waals surface area contributed by atoms with Gasteiger partial charge in [-0.1, -0.05) is 48.5 Å². The van der Waals surface area contributed by atoms with Crippen LogP contribution in [0.2, 0.25) is 0 Å². The predicted octanol–water partition coefficient (Wildman–Crippen LogP) is 5.30.